The summed E-state index contributed by atoms with van der Waals surface area (Å²) in [5.41, 5.74) is 0. The number of nitrogens with one attached hydrogen (secondary N) is 1. The molecule has 0 aromatic carbocycles. The molecule has 1 N–H and O–H groups in total. The first kappa shape index (κ1) is 8.37. The van der Waals surface area contributed by atoms with Crippen molar-refractivity contribution in [2.45, 2.75) is 35.6 Å². The van der Waals surface area contributed by atoms with Gasteiger partial charge in [-0.2, -0.15) is 0 Å². The number of halogens is 1. The Bertz CT molecular complexity index is 114. The van der Waals surface area contributed by atoms with Gasteiger partial charge in [0, 0.05) is 9.97 Å². The van der Waals surface area contributed by atoms with Gasteiger partial charge in [-0.15, -0.1) is 0 Å². The number of alkyl halides is 1. The predicted octanol–water partition coefficient (Wildman–Crippen LogP) is 2.47. The SMILES string of the molecule is C=CN[C@@H]1CCC[C@@H](I)C1. The van der Waals surface area contributed by atoms with Gasteiger partial charge in [0.2, 0.25) is 0 Å². The zero-order valence-electron chi connectivity index (χ0n) is 6.15. The van der Waals surface area contributed by atoms with Gasteiger partial charge in [0.25, 0.3) is 0 Å². The summed E-state index contributed by atoms with van der Waals surface area (Å²) in [6.45, 7) is 3.67. The summed E-state index contributed by atoms with van der Waals surface area (Å²) in [5.74, 6) is 0. The summed E-state index contributed by atoms with van der Waals surface area (Å²) in [5, 5.41) is 3.27. The largest absolute Gasteiger partial charge is 0.389 e. The van der Waals surface area contributed by atoms with E-state index in [0.29, 0.717) is 6.04 Å². The molecule has 1 saturated carbocycles. The standard InChI is InChI=1S/C8H14IN/c1-2-10-8-5-3-4-7(9)6-8/h2,7-8,10H,1,3-6H2/t7-,8-/m1/s1. The third-order valence-corrected chi connectivity index (χ3v) is 3.10. The van der Waals surface area contributed by atoms with E-state index in [4.69, 9.17) is 0 Å². The molecule has 1 nitrogen and oxygen atoms in total. The maximum absolute atomic E-state index is 3.67. The smallest absolute Gasteiger partial charge is 0.0265 e. The molecule has 2 atom stereocenters. The van der Waals surface area contributed by atoms with Crippen molar-refractivity contribution in [2.75, 3.05) is 0 Å². The number of hydrogen-bond acceptors (Lipinski definition) is 1. The quantitative estimate of drug-likeness (QED) is 0.587. The third-order valence-electron chi connectivity index (χ3n) is 1.96. The van der Waals surface area contributed by atoms with Crippen LogP contribution in [0.3, 0.4) is 0 Å². The van der Waals surface area contributed by atoms with Crippen molar-refractivity contribution in [3.63, 3.8) is 0 Å². The second-order valence-corrected chi connectivity index (χ2v) is 4.59. The molecule has 0 bridgehead atoms. The fourth-order valence-corrected chi connectivity index (χ4v) is 2.50. The van der Waals surface area contributed by atoms with Crippen molar-refractivity contribution >= 4 is 22.6 Å². The Kier molecular flexibility index (Phi) is 3.52. The fourth-order valence-electron chi connectivity index (χ4n) is 1.45. The van der Waals surface area contributed by atoms with E-state index in [2.05, 4.69) is 34.5 Å². The van der Waals surface area contributed by atoms with Crippen LogP contribution in [-0.2, 0) is 0 Å². The van der Waals surface area contributed by atoms with Crippen LogP contribution in [0.15, 0.2) is 12.8 Å². The van der Waals surface area contributed by atoms with Crippen LogP contribution in [0.1, 0.15) is 25.7 Å². The van der Waals surface area contributed by atoms with Gasteiger partial charge in [0.15, 0.2) is 0 Å². The monoisotopic (exact) mass is 251 g/mol. The highest BCUT2D eigenvalue weighted by atomic mass is 127. The minimum atomic E-state index is 0.702. The molecule has 1 aliphatic carbocycles. The maximum Gasteiger partial charge on any atom is 0.0265 e. The van der Waals surface area contributed by atoms with E-state index >= 15 is 0 Å². The van der Waals surface area contributed by atoms with Crippen molar-refractivity contribution in [2.24, 2.45) is 0 Å². The highest BCUT2D eigenvalue weighted by molar-refractivity contribution is 14.1. The Morgan fingerprint density at radius 3 is 2.90 bits per heavy atom. The molecule has 0 aromatic heterocycles. The second-order valence-electron chi connectivity index (χ2n) is 2.83. The van der Waals surface area contributed by atoms with Crippen LogP contribution < -0.4 is 5.32 Å². The molecule has 0 heterocycles. The number of hydrogen-bond donors (Lipinski definition) is 1. The van der Waals surface area contributed by atoms with Gasteiger partial charge in [-0.05, 0) is 25.5 Å². The van der Waals surface area contributed by atoms with E-state index in [-0.39, 0.29) is 0 Å². The lowest BCUT2D eigenvalue weighted by Crippen LogP contribution is -2.30. The number of rotatable bonds is 2. The Labute approximate surface area is 76.4 Å². The van der Waals surface area contributed by atoms with Crippen LogP contribution in [0.2, 0.25) is 0 Å². The normalized spacial score (nSPS) is 33.3. The highest BCUT2D eigenvalue weighted by Gasteiger charge is 2.17. The topological polar surface area (TPSA) is 12.0 Å². The fraction of sp³-hybridized carbons (Fsp3) is 0.750. The molecule has 1 rings (SSSR count). The second kappa shape index (κ2) is 4.21. The molecule has 0 aliphatic heterocycles. The molecule has 0 aromatic rings. The summed E-state index contributed by atoms with van der Waals surface area (Å²) in [4.78, 5) is 0. The summed E-state index contributed by atoms with van der Waals surface area (Å²) in [7, 11) is 0. The van der Waals surface area contributed by atoms with Crippen LogP contribution >= 0.6 is 22.6 Å². The van der Waals surface area contributed by atoms with Gasteiger partial charge >= 0.3 is 0 Å². The maximum atomic E-state index is 3.67. The van der Waals surface area contributed by atoms with Gasteiger partial charge in [-0.1, -0.05) is 35.6 Å². The van der Waals surface area contributed by atoms with Crippen LogP contribution in [0, 0.1) is 0 Å². The van der Waals surface area contributed by atoms with Crippen molar-refractivity contribution in [1.29, 1.82) is 0 Å². The first-order valence-electron chi connectivity index (χ1n) is 3.84. The third kappa shape index (κ3) is 2.48. The first-order chi connectivity index (χ1) is 4.83. The first-order valence-corrected chi connectivity index (χ1v) is 5.08. The molecule has 10 heavy (non-hydrogen) atoms. The van der Waals surface area contributed by atoms with Crippen LogP contribution in [0.4, 0.5) is 0 Å². The molecule has 1 fully saturated rings. The summed E-state index contributed by atoms with van der Waals surface area (Å²) in [6, 6.07) is 0.702. The summed E-state index contributed by atoms with van der Waals surface area (Å²) in [6.07, 6.45) is 7.23. The average Bonchev–Trinajstić information content (AvgIpc) is 1.88. The van der Waals surface area contributed by atoms with Crippen molar-refractivity contribution in [3.8, 4) is 0 Å². The molecule has 0 unspecified atom stereocenters. The lowest BCUT2D eigenvalue weighted by molar-refractivity contribution is 0.421. The molecule has 58 valence electrons. The molecule has 0 spiro atoms. The van der Waals surface area contributed by atoms with Crippen LogP contribution in [0.5, 0.6) is 0 Å². The molecular formula is C8H14IN. The van der Waals surface area contributed by atoms with E-state index in [1.54, 1.807) is 0 Å². The molecule has 0 radical (unpaired) electrons. The van der Waals surface area contributed by atoms with E-state index in [0.717, 1.165) is 3.92 Å². The van der Waals surface area contributed by atoms with E-state index in [1.165, 1.54) is 25.7 Å². The van der Waals surface area contributed by atoms with Crippen molar-refractivity contribution < 1.29 is 0 Å². The minimum absolute atomic E-state index is 0.702. The van der Waals surface area contributed by atoms with E-state index in [1.807, 2.05) is 6.20 Å². The lowest BCUT2D eigenvalue weighted by atomic mass is 9.96. The van der Waals surface area contributed by atoms with Gasteiger partial charge in [0.05, 0.1) is 0 Å². The Morgan fingerprint density at radius 2 is 2.30 bits per heavy atom. The van der Waals surface area contributed by atoms with Crippen LogP contribution in [-0.4, -0.2) is 9.97 Å². The van der Waals surface area contributed by atoms with E-state index < -0.39 is 0 Å². The van der Waals surface area contributed by atoms with Gasteiger partial charge in [-0.25, -0.2) is 0 Å². The molecule has 1 aliphatic rings. The van der Waals surface area contributed by atoms with Gasteiger partial charge in [-0.3, -0.25) is 0 Å². The lowest BCUT2D eigenvalue weighted by Gasteiger charge is -2.25. The minimum Gasteiger partial charge on any atom is -0.389 e. The molecule has 0 saturated heterocycles. The van der Waals surface area contributed by atoms with Crippen LogP contribution in [0.25, 0.3) is 0 Å². The highest BCUT2D eigenvalue weighted by Crippen LogP contribution is 2.24. The Morgan fingerprint density at radius 1 is 1.50 bits per heavy atom. The zero-order valence-corrected chi connectivity index (χ0v) is 8.30. The van der Waals surface area contributed by atoms with Gasteiger partial charge < -0.3 is 5.32 Å². The van der Waals surface area contributed by atoms with E-state index in [9.17, 15) is 0 Å². The predicted molar refractivity (Wildman–Crippen MR) is 53.4 cm³/mol. The summed E-state index contributed by atoms with van der Waals surface area (Å²) < 4.78 is 0.879. The molecule has 0 amide bonds. The Balaban J connectivity index is 2.24. The Hall–Kier alpha value is 0.270. The average molecular weight is 251 g/mol. The van der Waals surface area contributed by atoms with Gasteiger partial charge in [0.1, 0.15) is 0 Å². The molecular weight excluding hydrogens is 237 g/mol. The van der Waals surface area contributed by atoms with Crippen molar-refractivity contribution in [1.82, 2.24) is 5.32 Å². The molecule has 2 heteroatoms. The summed E-state index contributed by atoms with van der Waals surface area (Å²) >= 11 is 2.54. The zero-order chi connectivity index (χ0) is 7.40. The van der Waals surface area contributed by atoms with Crippen molar-refractivity contribution in [3.05, 3.63) is 12.8 Å².